The molecule has 0 aliphatic heterocycles. The van der Waals surface area contributed by atoms with Gasteiger partial charge in [-0.15, -0.1) is 0 Å². The highest BCUT2D eigenvalue weighted by Gasteiger charge is 2.17. The van der Waals surface area contributed by atoms with E-state index in [1.165, 1.54) is 37.7 Å². The number of nitrogens with zero attached hydrogens (tertiary/aromatic N) is 1. The van der Waals surface area contributed by atoms with Crippen molar-refractivity contribution in [3.8, 4) is 11.3 Å². The van der Waals surface area contributed by atoms with Crippen molar-refractivity contribution >= 4 is 22.7 Å². The number of Topliss-reactive ketones (excluding diaryl/α,β-unsaturated/α-hetero) is 1. The fraction of sp³-hybridized carbons (Fsp3) is 0.258. The molecular weight excluding hydrogens is 434 g/mol. The molecule has 4 rings (SSSR count). The molecule has 0 fully saturated rings. The predicted molar refractivity (Wildman–Crippen MR) is 141 cm³/mol. The van der Waals surface area contributed by atoms with Gasteiger partial charge >= 0.3 is 5.97 Å². The number of benzene rings is 3. The van der Waals surface area contributed by atoms with Gasteiger partial charge in [-0.25, -0.2) is 9.78 Å². The maximum absolute atomic E-state index is 13.0. The Morgan fingerprint density at radius 1 is 0.800 bits per heavy atom. The van der Waals surface area contributed by atoms with E-state index in [0.717, 1.165) is 12.0 Å². The summed E-state index contributed by atoms with van der Waals surface area (Å²) < 4.78 is 5.42. The molecule has 4 nitrogen and oxygen atoms in total. The minimum atomic E-state index is -0.530. The fourth-order valence-corrected chi connectivity index (χ4v) is 4.18. The number of aryl methyl sites for hydroxylation is 1. The summed E-state index contributed by atoms with van der Waals surface area (Å²) in [6, 6.07) is 26.5. The summed E-state index contributed by atoms with van der Waals surface area (Å²) in [6.45, 7) is 1.93. The lowest BCUT2D eigenvalue weighted by Gasteiger charge is -2.11. The van der Waals surface area contributed by atoms with Gasteiger partial charge in [0.2, 0.25) is 0 Å². The Hall–Kier alpha value is -3.79. The number of ketones is 1. The first-order valence-corrected chi connectivity index (χ1v) is 12.4. The average Bonchev–Trinajstić information content (AvgIpc) is 2.91. The molecule has 0 N–H and O–H groups in total. The van der Waals surface area contributed by atoms with Gasteiger partial charge in [0.1, 0.15) is 0 Å². The van der Waals surface area contributed by atoms with Crippen LogP contribution in [0, 0.1) is 0 Å². The second kappa shape index (κ2) is 12.1. The Morgan fingerprint density at radius 3 is 2.29 bits per heavy atom. The predicted octanol–water partition coefficient (Wildman–Crippen LogP) is 7.45. The number of esters is 1. The van der Waals surface area contributed by atoms with Gasteiger partial charge in [0.05, 0.1) is 16.8 Å². The number of ether oxygens (including phenoxy) is 1. The number of carbonyl (C=O) groups is 2. The highest BCUT2D eigenvalue weighted by Crippen LogP contribution is 2.26. The molecule has 4 aromatic rings. The van der Waals surface area contributed by atoms with Crippen LogP contribution in [0.15, 0.2) is 84.9 Å². The second-order valence-electron chi connectivity index (χ2n) is 8.80. The van der Waals surface area contributed by atoms with Crippen molar-refractivity contribution in [2.75, 3.05) is 6.61 Å². The molecule has 1 heterocycles. The van der Waals surface area contributed by atoms with Crippen LogP contribution in [0.5, 0.6) is 0 Å². The molecule has 0 atom stereocenters. The van der Waals surface area contributed by atoms with Crippen molar-refractivity contribution < 1.29 is 14.3 Å². The van der Waals surface area contributed by atoms with Crippen molar-refractivity contribution in [2.45, 2.75) is 45.4 Å². The highest BCUT2D eigenvalue weighted by molar-refractivity contribution is 6.06. The molecule has 4 heteroatoms. The van der Waals surface area contributed by atoms with Crippen LogP contribution in [-0.2, 0) is 11.2 Å². The Balaban J connectivity index is 1.51. The van der Waals surface area contributed by atoms with Crippen molar-refractivity contribution in [3.05, 3.63) is 102 Å². The number of carbonyl (C=O) groups excluding carboxylic acids is 2. The number of para-hydroxylation sites is 1. The molecule has 35 heavy (non-hydrogen) atoms. The third kappa shape index (κ3) is 6.42. The van der Waals surface area contributed by atoms with E-state index in [4.69, 9.17) is 9.72 Å². The molecule has 0 spiro atoms. The summed E-state index contributed by atoms with van der Waals surface area (Å²) >= 11 is 0. The number of fused-ring (bicyclic) bond motifs is 1. The maximum atomic E-state index is 13.0. The van der Waals surface area contributed by atoms with Crippen LogP contribution < -0.4 is 0 Å². The van der Waals surface area contributed by atoms with Gasteiger partial charge in [0.25, 0.3) is 0 Å². The van der Waals surface area contributed by atoms with Crippen LogP contribution in [0.2, 0.25) is 0 Å². The fourth-order valence-electron chi connectivity index (χ4n) is 4.18. The molecule has 0 amide bonds. The Labute approximate surface area is 207 Å². The Morgan fingerprint density at radius 2 is 1.51 bits per heavy atom. The minimum absolute atomic E-state index is 0.234. The standard InChI is InChI=1S/C31H31NO3/c1-2-3-4-5-7-12-23-17-19-24(20-18-23)29-21-27(26-15-10-11-16-28(26)32-29)31(34)35-22-30(33)25-13-8-6-9-14-25/h6,8-11,13-21H,2-5,7,12,22H2,1H3. The van der Waals surface area contributed by atoms with Crippen molar-refractivity contribution in [1.82, 2.24) is 4.98 Å². The number of hydrogen-bond acceptors (Lipinski definition) is 4. The Bertz CT molecular complexity index is 1280. The van der Waals surface area contributed by atoms with Gasteiger partial charge < -0.3 is 4.74 Å². The molecule has 0 aliphatic rings. The third-order valence-electron chi connectivity index (χ3n) is 6.18. The summed E-state index contributed by atoms with van der Waals surface area (Å²) in [6.07, 6.45) is 7.39. The summed E-state index contributed by atoms with van der Waals surface area (Å²) in [4.78, 5) is 30.2. The van der Waals surface area contributed by atoms with Crippen molar-refractivity contribution in [2.24, 2.45) is 0 Å². The number of hydrogen-bond donors (Lipinski definition) is 0. The summed E-state index contributed by atoms with van der Waals surface area (Å²) in [7, 11) is 0. The molecule has 0 bridgehead atoms. The molecule has 0 saturated carbocycles. The van der Waals surface area contributed by atoms with E-state index in [2.05, 4.69) is 31.2 Å². The average molecular weight is 466 g/mol. The van der Waals surface area contributed by atoms with Crippen molar-refractivity contribution in [1.29, 1.82) is 0 Å². The number of pyridine rings is 1. The van der Waals surface area contributed by atoms with Crippen molar-refractivity contribution in [3.63, 3.8) is 0 Å². The van der Waals surface area contributed by atoms with Gasteiger partial charge in [-0.1, -0.05) is 105 Å². The molecule has 0 radical (unpaired) electrons. The smallest absolute Gasteiger partial charge is 0.339 e. The number of aromatic nitrogens is 1. The molecule has 0 unspecified atom stereocenters. The largest absolute Gasteiger partial charge is 0.454 e. The monoisotopic (exact) mass is 465 g/mol. The maximum Gasteiger partial charge on any atom is 0.339 e. The summed E-state index contributed by atoms with van der Waals surface area (Å²) in [5, 5.41) is 0.706. The van der Waals surface area contributed by atoms with E-state index in [1.54, 1.807) is 30.3 Å². The van der Waals surface area contributed by atoms with E-state index >= 15 is 0 Å². The molecule has 0 aliphatic carbocycles. The first-order valence-electron chi connectivity index (χ1n) is 12.4. The van der Waals surface area contributed by atoms with E-state index in [0.29, 0.717) is 27.7 Å². The molecule has 0 saturated heterocycles. The number of unbranched alkanes of at least 4 members (excludes halogenated alkanes) is 4. The molecule has 3 aromatic carbocycles. The topological polar surface area (TPSA) is 56.3 Å². The zero-order chi connectivity index (χ0) is 24.5. The first kappa shape index (κ1) is 24.3. The van der Waals surface area contributed by atoms with Gasteiger partial charge in [-0.05, 0) is 30.5 Å². The molecule has 178 valence electrons. The minimum Gasteiger partial charge on any atom is -0.454 e. The van der Waals surface area contributed by atoms with Crippen LogP contribution in [0.1, 0.15) is 65.3 Å². The van der Waals surface area contributed by atoms with Crippen LogP contribution in [0.25, 0.3) is 22.2 Å². The van der Waals surface area contributed by atoms with Crippen LogP contribution in [-0.4, -0.2) is 23.3 Å². The van der Waals surface area contributed by atoms with E-state index in [-0.39, 0.29) is 12.4 Å². The second-order valence-corrected chi connectivity index (χ2v) is 8.80. The highest BCUT2D eigenvalue weighted by atomic mass is 16.5. The summed E-state index contributed by atoms with van der Waals surface area (Å²) in [5.41, 5.74) is 4.60. The van der Waals surface area contributed by atoms with Crippen LogP contribution in [0.3, 0.4) is 0 Å². The van der Waals surface area contributed by atoms with E-state index in [1.807, 2.05) is 30.3 Å². The number of rotatable bonds is 11. The zero-order valence-corrected chi connectivity index (χ0v) is 20.2. The third-order valence-corrected chi connectivity index (χ3v) is 6.18. The normalized spacial score (nSPS) is 10.9. The van der Waals surface area contributed by atoms with Gasteiger partial charge in [-0.3, -0.25) is 4.79 Å². The lowest BCUT2D eigenvalue weighted by molar-refractivity contribution is 0.0476. The SMILES string of the molecule is CCCCCCCc1ccc(-c2cc(C(=O)OCC(=O)c3ccccc3)c3ccccc3n2)cc1. The first-order chi connectivity index (χ1) is 17.2. The van der Waals surface area contributed by atoms with Crippen LogP contribution >= 0.6 is 0 Å². The molecule has 1 aromatic heterocycles. The quantitative estimate of drug-likeness (QED) is 0.131. The van der Waals surface area contributed by atoms with Gasteiger partial charge in [-0.2, -0.15) is 0 Å². The van der Waals surface area contributed by atoms with Crippen LogP contribution in [0.4, 0.5) is 0 Å². The van der Waals surface area contributed by atoms with E-state index < -0.39 is 5.97 Å². The van der Waals surface area contributed by atoms with Gasteiger partial charge in [0, 0.05) is 16.5 Å². The van der Waals surface area contributed by atoms with E-state index in [9.17, 15) is 9.59 Å². The Kier molecular flexibility index (Phi) is 8.39. The lowest BCUT2D eigenvalue weighted by atomic mass is 10.0. The van der Waals surface area contributed by atoms with Gasteiger partial charge in [0.15, 0.2) is 12.4 Å². The molecular formula is C31H31NO3. The lowest BCUT2D eigenvalue weighted by Crippen LogP contribution is -2.14. The summed E-state index contributed by atoms with van der Waals surface area (Å²) in [5.74, 6) is -0.763. The zero-order valence-electron chi connectivity index (χ0n) is 20.2.